The van der Waals surface area contributed by atoms with E-state index in [1.165, 1.54) is 12.1 Å². The number of aromatic nitrogens is 2. The number of nitrogens with zero attached hydrogens (tertiary/aromatic N) is 2. The molecule has 0 atom stereocenters. The maximum atomic E-state index is 13.0. The Balaban J connectivity index is 2.49. The van der Waals surface area contributed by atoms with Gasteiger partial charge in [-0.2, -0.15) is 0 Å². The molecule has 0 saturated carbocycles. The number of halogens is 1. The minimum Gasteiger partial charge on any atom is -0.384 e. The third-order valence-corrected chi connectivity index (χ3v) is 3.00. The summed E-state index contributed by atoms with van der Waals surface area (Å²) in [5.41, 5.74) is 7.12. The highest BCUT2D eigenvalue weighted by atomic mass is 19.1. The van der Waals surface area contributed by atoms with Crippen LogP contribution in [-0.4, -0.2) is 9.97 Å². The molecule has 2 N–H and O–H groups in total. The molecule has 94 valence electrons. The van der Waals surface area contributed by atoms with Gasteiger partial charge in [0.15, 0.2) is 0 Å². The zero-order chi connectivity index (χ0) is 13.3. The molecule has 0 bridgehead atoms. The van der Waals surface area contributed by atoms with E-state index in [9.17, 15) is 4.39 Å². The maximum absolute atomic E-state index is 13.0. The standard InChI is InChI=1S/C14H16FN3/c1-9-8-12(16)18-13(17-9)14(2,3)10-4-6-11(15)7-5-10/h4-8H,1-3H3,(H2,16,17,18). The van der Waals surface area contributed by atoms with E-state index < -0.39 is 5.41 Å². The second kappa shape index (κ2) is 4.37. The summed E-state index contributed by atoms with van der Waals surface area (Å²) in [5.74, 6) is 0.846. The predicted molar refractivity (Wildman–Crippen MR) is 69.7 cm³/mol. The van der Waals surface area contributed by atoms with E-state index in [2.05, 4.69) is 9.97 Å². The van der Waals surface area contributed by atoms with Crippen molar-refractivity contribution in [3.8, 4) is 0 Å². The summed E-state index contributed by atoms with van der Waals surface area (Å²) in [4.78, 5) is 8.70. The van der Waals surface area contributed by atoms with Gasteiger partial charge in [0.25, 0.3) is 0 Å². The molecule has 0 amide bonds. The molecule has 0 aliphatic carbocycles. The van der Waals surface area contributed by atoms with Crippen LogP contribution in [0.25, 0.3) is 0 Å². The van der Waals surface area contributed by atoms with Crippen molar-refractivity contribution >= 4 is 5.82 Å². The van der Waals surface area contributed by atoms with Crippen LogP contribution >= 0.6 is 0 Å². The summed E-state index contributed by atoms with van der Waals surface area (Å²) in [6.45, 7) is 5.87. The molecule has 0 radical (unpaired) electrons. The molecule has 0 aliphatic heterocycles. The Hall–Kier alpha value is -1.97. The lowest BCUT2D eigenvalue weighted by molar-refractivity contribution is 0.582. The van der Waals surface area contributed by atoms with Gasteiger partial charge in [-0.25, -0.2) is 14.4 Å². The molecule has 0 fully saturated rings. The van der Waals surface area contributed by atoms with Gasteiger partial charge in [0, 0.05) is 17.2 Å². The maximum Gasteiger partial charge on any atom is 0.140 e. The van der Waals surface area contributed by atoms with Crippen LogP contribution in [0.2, 0.25) is 0 Å². The first-order valence-corrected chi connectivity index (χ1v) is 5.77. The summed E-state index contributed by atoms with van der Waals surface area (Å²) < 4.78 is 13.0. The minimum atomic E-state index is -0.409. The molecule has 0 spiro atoms. The van der Waals surface area contributed by atoms with Gasteiger partial charge >= 0.3 is 0 Å². The molecule has 3 nitrogen and oxygen atoms in total. The summed E-state index contributed by atoms with van der Waals surface area (Å²) in [6.07, 6.45) is 0. The van der Waals surface area contributed by atoms with Gasteiger partial charge in [-0.1, -0.05) is 12.1 Å². The molecular formula is C14H16FN3. The van der Waals surface area contributed by atoms with Crippen molar-refractivity contribution in [2.24, 2.45) is 0 Å². The van der Waals surface area contributed by atoms with E-state index in [4.69, 9.17) is 5.73 Å². The number of nitrogens with two attached hydrogens (primary N) is 1. The lowest BCUT2D eigenvalue weighted by Crippen LogP contribution is -2.23. The van der Waals surface area contributed by atoms with Crippen LogP contribution in [-0.2, 0) is 5.41 Å². The average Bonchev–Trinajstić information content (AvgIpc) is 2.28. The number of rotatable bonds is 2. The van der Waals surface area contributed by atoms with Gasteiger partial charge in [0.2, 0.25) is 0 Å². The average molecular weight is 245 g/mol. The van der Waals surface area contributed by atoms with Crippen molar-refractivity contribution in [3.05, 3.63) is 53.2 Å². The highest BCUT2D eigenvalue weighted by molar-refractivity contribution is 5.36. The summed E-state index contributed by atoms with van der Waals surface area (Å²) >= 11 is 0. The third-order valence-electron chi connectivity index (χ3n) is 3.00. The molecule has 0 saturated heterocycles. The summed E-state index contributed by atoms with van der Waals surface area (Å²) in [5, 5.41) is 0. The quantitative estimate of drug-likeness (QED) is 0.885. The van der Waals surface area contributed by atoms with Crippen LogP contribution < -0.4 is 5.73 Å². The first-order chi connectivity index (χ1) is 8.39. The highest BCUT2D eigenvalue weighted by Gasteiger charge is 2.26. The van der Waals surface area contributed by atoms with Crippen molar-refractivity contribution in [2.75, 3.05) is 5.73 Å². The fourth-order valence-electron chi connectivity index (χ4n) is 1.87. The SMILES string of the molecule is Cc1cc(N)nc(C(C)(C)c2ccc(F)cc2)n1. The molecule has 4 heteroatoms. The smallest absolute Gasteiger partial charge is 0.140 e. The zero-order valence-corrected chi connectivity index (χ0v) is 10.7. The van der Waals surface area contributed by atoms with E-state index in [0.29, 0.717) is 11.6 Å². The van der Waals surface area contributed by atoms with Gasteiger partial charge in [0.1, 0.15) is 17.5 Å². The third kappa shape index (κ3) is 2.32. The Morgan fingerprint density at radius 1 is 1.11 bits per heavy atom. The second-order valence-electron chi connectivity index (χ2n) is 4.89. The largest absolute Gasteiger partial charge is 0.384 e. The topological polar surface area (TPSA) is 51.8 Å². The normalized spacial score (nSPS) is 11.6. The number of benzene rings is 1. The molecular weight excluding hydrogens is 229 g/mol. The molecule has 0 aliphatic rings. The van der Waals surface area contributed by atoms with Crippen molar-refractivity contribution in [1.82, 2.24) is 9.97 Å². The number of anilines is 1. The Morgan fingerprint density at radius 2 is 1.72 bits per heavy atom. The van der Waals surface area contributed by atoms with E-state index >= 15 is 0 Å². The molecule has 2 aromatic rings. The minimum absolute atomic E-state index is 0.251. The number of hydrogen-bond donors (Lipinski definition) is 1. The first kappa shape index (κ1) is 12.5. The fourth-order valence-corrected chi connectivity index (χ4v) is 1.87. The van der Waals surface area contributed by atoms with Crippen LogP contribution in [0.5, 0.6) is 0 Å². The number of nitrogen functional groups attached to an aromatic ring is 1. The first-order valence-electron chi connectivity index (χ1n) is 5.77. The second-order valence-corrected chi connectivity index (χ2v) is 4.89. The van der Waals surface area contributed by atoms with Crippen LogP contribution in [0.4, 0.5) is 10.2 Å². The molecule has 1 aromatic carbocycles. The van der Waals surface area contributed by atoms with E-state index in [0.717, 1.165) is 11.3 Å². The number of aryl methyl sites for hydroxylation is 1. The number of hydrogen-bond acceptors (Lipinski definition) is 3. The van der Waals surface area contributed by atoms with Crippen molar-refractivity contribution < 1.29 is 4.39 Å². The Kier molecular flexibility index (Phi) is 3.03. The Labute approximate surface area is 106 Å². The van der Waals surface area contributed by atoms with Gasteiger partial charge in [-0.05, 0) is 38.5 Å². The van der Waals surface area contributed by atoms with Gasteiger partial charge in [-0.15, -0.1) is 0 Å². The van der Waals surface area contributed by atoms with Crippen LogP contribution in [0.15, 0.2) is 30.3 Å². The zero-order valence-electron chi connectivity index (χ0n) is 10.7. The Bertz CT molecular complexity index is 542. The highest BCUT2D eigenvalue weighted by Crippen LogP contribution is 2.29. The van der Waals surface area contributed by atoms with Crippen molar-refractivity contribution in [1.29, 1.82) is 0 Å². The van der Waals surface area contributed by atoms with Crippen molar-refractivity contribution in [3.63, 3.8) is 0 Å². The van der Waals surface area contributed by atoms with Crippen LogP contribution in [0.1, 0.15) is 30.9 Å². The van der Waals surface area contributed by atoms with Crippen molar-refractivity contribution in [2.45, 2.75) is 26.2 Å². The Morgan fingerprint density at radius 3 is 2.28 bits per heavy atom. The molecule has 1 aromatic heterocycles. The van der Waals surface area contributed by atoms with E-state index in [-0.39, 0.29) is 5.82 Å². The molecule has 1 heterocycles. The summed E-state index contributed by atoms with van der Waals surface area (Å²) in [7, 11) is 0. The molecule has 18 heavy (non-hydrogen) atoms. The van der Waals surface area contributed by atoms with Crippen LogP contribution in [0.3, 0.4) is 0 Å². The monoisotopic (exact) mass is 245 g/mol. The van der Waals surface area contributed by atoms with E-state index in [1.807, 2.05) is 20.8 Å². The predicted octanol–water partition coefficient (Wildman–Crippen LogP) is 2.83. The van der Waals surface area contributed by atoms with Gasteiger partial charge < -0.3 is 5.73 Å². The fraction of sp³-hybridized carbons (Fsp3) is 0.286. The molecule has 2 rings (SSSR count). The summed E-state index contributed by atoms with van der Waals surface area (Å²) in [6, 6.07) is 8.10. The lowest BCUT2D eigenvalue weighted by Gasteiger charge is -2.24. The van der Waals surface area contributed by atoms with Crippen LogP contribution in [0, 0.1) is 12.7 Å². The van der Waals surface area contributed by atoms with E-state index in [1.54, 1.807) is 18.2 Å². The lowest BCUT2D eigenvalue weighted by atomic mass is 9.83. The molecule has 0 unspecified atom stereocenters. The van der Waals surface area contributed by atoms with Gasteiger partial charge in [-0.3, -0.25) is 0 Å². The van der Waals surface area contributed by atoms with Gasteiger partial charge in [0.05, 0.1) is 0 Å².